The fourth-order valence-corrected chi connectivity index (χ4v) is 5.21. The Hall–Kier alpha value is -1.89. The molecular weight excluding hydrogens is 388 g/mol. The van der Waals surface area contributed by atoms with Crippen LogP contribution in [0.1, 0.15) is 35.7 Å². The van der Waals surface area contributed by atoms with E-state index in [9.17, 15) is 4.79 Å². The number of anilines is 1. The van der Waals surface area contributed by atoms with Crippen LogP contribution >= 0.6 is 23.1 Å². The van der Waals surface area contributed by atoms with Crippen LogP contribution in [-0.4, -0.2) is 36.4 Å². The molecule has 1 aliphatic rings. The third-order valence-electron chi connectivity index (χ3n) is 5.10. The highest BCUT2D eigenvalue weighted by Crippen LogP contribution is 2.33. The number of carbonyl (C=O) groups excluding carboxylic acids is 1. The first-order chi connectivity index (χ1) is 13.7. The predicted octanol–water partition coefficient (Wildman–Crippen LogP) is 5.41. The fourth-order valence-electron chi connectivity index (χ4n) is 3.60. The molecule has 0 spiro atoms. The van der Waals surface area contributed by atoms with Crippen LogP contribution < -0.4 is 4.90 Å². The van der Waals surface area contributed by atoms with Gasteiger partial charge in [0, 0.05) is 11.5 Å². The van der Waals surface area contributed by atoms with Crippen molar-refractivity contribution in [1.82, 2.24) is 4.98 Å². The van der Waals surface area contributed by atoms with E-state index in [-0.39, 0.29) is 12.0 Å². The van der Waals surface area contributed by atoms with Crippen molar-refractivity contribution in [3.8, 4) is 0 Å². The lowest BCUT2D eigenvalue weighted by atomic mass is 10.1. The molecule has 3 aromatic rings. The molecule has 0 N–H and O–H groups in total. The molecule has 1 aliphatic heterocycles. The summed E-state index contributed by atoms with van der Waals surface area (Å²) in [7, 11) is 0. The van der Waals surface area contributed by atoms with Gasteiger partial charge in [-0.05, 0) is 49.3 Å². The molecule has 4 nitrogen and oxygen atoms in total. The van der Waals surface area contributed by atoms with Gasteiger partial charge >= 0.3 is 0 Å². The van der Waals surface area contributed by atoms with E-state index < -0.39 is 0 Å². The van der Waals surface area contributed by atoms with Crippen molar-refractivity contribution in [3.63, 3.8) is 0 Å². The summed E-state index contributed by atoms with van der Waals surface area (Å²) < 4.78 is 6.97. The van der Waals surface area contributed by atoms with E-state index in [1.54, 1.807) is 23.1 Å². The average Bonchev–Trinajstić information content (AvgIpc) is 3.40. The van der Waals surface area contributed by atoms with Gasteiger partial charge in [0.25, 0.3) is 5.91 Å². The SMILES string of the molecule is CCc1cccc2sc(N(C[C@@H]3CCCO3)C(=O)c3ccccc3SC)nc12. The Labute approximate surface area is 173 Å². The van der Waals surface area contributed by atoms with Crippen molar-refractivity contribution in [1.29, 1.82) is 0 Å². The number of para-hydroxylation sites is 1. The highest BCUT2D eigenvalue weighted by atomic mass is 32.2. The van der Waals surface area contributed by atoms with E-state index in [1.165, 1.54) is 5.56 Å². The van der Waals surface area contributed by atoms with E-state index in [4.69, 9.17) is 9.72 Å². The number of aryl methyl sites for hydroxylation is 1. The van der Waals surface area contributed by atoms with Crippen molar-refractivity contribution in [3.05, 3.63) is 53.6 Å². The van der Waals surface area contributed by atoms with E-state index in [2.05, 4.69) is 25.1 Å². The van der Waals surface area contributed by atoms with Crippen LogP contribution in [0, 0.1) is 0 Å². The van der Waals surface area contributed by atoms with E-state index in [0.29, 0.717) is 6.54 Å². The standard InChI is InChI=1S/C22H24N2O2S2/c1-3-15-8-6-12-19-20(15)23-22(28-19)24(14-16-9-7-13-26-16)21(25)17-10-4-5-11-18(17)27-2/h4-6,8,10-12,16H,3,7,9,13-14H2,1-2H3/t16-/m0/s1. The van der Waals surface area contributed by atoms with Gasteiger partial charge in [-0.1, -0.05) is 42.5 Å². The van der Waals surface area contributed by atoms with Gasteiger partial charge in [-0.25, -0.2) is 4.98 Å². The van der Waals surface area contributed by atoms with E-state index >= 15 is 0 Å². The number of rotatable bonds is 6. The molecule has 1 saturated heterocycles. The molecule has 6 heteroatoms. The summed E-state index contributed by atoms with van der Waals surface area (Å²) >= 11 is 3.18. The van der Waals surface area contributed by atoms with Crippen molar-refractivity contribution in [2.75, 3.05) is 24.3 Å². The zero-order valence-electron chi connectivity index (χ0n) is 16.2. The summed E-state index contributed by atoms with van der Waals surface area (Å²) in [5, 5.41) is 0.757. The van der Waals surface area contributed by atoms with Crippen molar-refractivity contribution < 1.29 is 9.53 Å². The summed E-state index contributed by atoms with van der Waals surface area (Å²) in [6.45, 7) is 3.45. The molecular formula is C22H24N2O2S2. The van der Waals surface area contributed by atoms with Gasteiger partial charge in [0.1, 0.15) is 0 Å². The van der Waals surface area contributed by atoms with Gasteiger partial charge in [-0.2, -0.15) is 0 Å². The lowest BCUT2D eigenvalue weighted by Crippen LogP contribution is -2.37. The first-order valence-electron chi connectivity index (χ1n) is 9.66. The highest BCUT2D eigenvalue weighted by molar-refractivity contribution is 7.98. The van der Waals surface area contributed by atoms with Gasteiger partial charge in [-0.15, -0.1) is 11.8 Å². The molecule has 1 aromatic heterocycles. The molecule has 1 fully saturated rings. The van der Waals surface area contributed by atoms with Gasteiger partial charge in [-0.3, -0.25) is 9.69 Å². The minimum Gasteiger partial charge on any atom is -0.376 e. The van der Waals surface area contributed by atoms with E-state index in [0.717, 1.165) is 51.7 Å². The number of benzene rings is 2. The Kier molecular flexibility index (Phi) is 5.99. The largest absolute Gasteiger partial charge is 0.376 e. The Morgan fingerprint density at radius 2 is 2.14 bits per heavy atom. The highest BCUT2D eigenvalue weighted by Gasteiger charge is 2.28. The van der Waals surface area contributed by atoms with Crippen LogP contribution in [0.4, 0.5) is 5.13 Å². The van der Waals surface area contributed by atoms with Crippen molar-refractivity contribution >= 4 is 44.4 Å². The molecule has 4 rings (SSSR count). The number of carbonyl (C=O) groups is 1. The van der Waals surface area contributed by atoms with Crippen LogP contribution in [0.3, 0.4) is 0 Å². The molecule has 1 atom stereocenters. The molecule has 0 unspecified atom stereocenters. The molecule has 0 bridgehead atoms. The minimum atomic E-state index is -0.00226. The van der Waals surface area contributed by atoms with Crippen LogP contribution in [0.2, 0.25) is 0 Å². The first-order valence-corrected chi connectivity index (χ1v) is 11.7. The van der Waals surface area contributed by atoms with Gasteiger partial charge in [0.15, 0.2) is 5.13 Å². The van der Waals surface area contributed by atoms with Crippen LogP contribution in [0.15, 0.2) is 47.4 Å². The Balaban J connectivity index is 1.76. The van der Waals surface area contributed by atoms with Crippen LogP contribution in [0.25, 0.3) is 10.2 Å². The number of nitrogens with zero attached hydrogens (tertiary/aromatic N) is 2. The normalized spacial score (nSPS) is 16.6. The second kappa shape index (κ2) is 8.64. The zero-order valence-corrected chi connectivity index (χ0v) is 17.8. The number of amides is 1. The smallest absolute Gasteiger partial charge is 0.261 e. The molecule has 2 aromatic carbocycles. The summed E-state index contributed by atoms with van der Waals surface area (Å²) in [5.74, 6) is -0.00226. The zero-order chi connectivity index (χ0) is 19.5. The molecule has 0 radical (unpaired) electrons. The van der Waals surface area contributed by atoms with Crippen LogP contribution in [0.5, 0.6) is 0 Å². The maximum Gasteiger partial charge on any atom is 0.261 e. The van der Waals surface area contributed by atoms with Gasteiger partial charge < -0.3 is 4.74 Å². The maximum atomic E-state index is 13.6. The molecule has 1 amide bonds. The number of fused-ring (bicyclic) bond motifs is 1. The van der Waals surface area contributed by atoms with Crippen molar-refractivity contribution in [2.24, 2.45) is 0 Å². The number of ether oxygens (including phenoxy) is 1. The number of thioether (sulfide) groups is 1. The Bertz CT molecular complexity index is 980. The summed E-state index contributed by atoms with van der Waals surface area (Å²) in [6, 6.07) is 14.1. The third kappa shape index (κ3) is 3.81. The fraction of sp³-hybridized carbons (Fsp3) is 0.364. The number of thiazole rings is 1. The molecule has 28 heavy (non-hydrogen) atoms. The van der Waals surface area contributed by atoms with Gasteiger partial charge in [0.2, 0.25) is 0 Å². The topological polar surface area (TPSA) is 42.4 Å². The van der Waals surface area contributed by atoms with Crippen molar-refractivity contribution in [2.45, 2.75) is 37.2 Å². The lowest BCUT2D eigenvalue weighted by molar-refractivity contribution is 0.0915. The Morgan fingerprint density at radius 1 is 1.29 bits per heavy atom. The number of hydrogen-bond acceptors (Lipinski definition) is 5. The number of hydrogen-bond donors (Lipinski definition) is 0. The first kappa shape index (κ1) is 19.4. The quantitative estimate of drug-likeness (QED) is 0.508. The summed E-state index contributed by atoms with van der Waals surface area (Å²) in [4.78, 5) is 21.3. The second-order valence-electron chi connectivity index (χ2n) is 6.86. The van der Waals surface area contributed by atoms with Gasteiger partial charge in [0.05, 0.1) is 28.4 Å². The third-order valence-corrected chi connectivity index (χ3v) is 6.94. The maximum absolute atomic E-state index is 13.6. The monoisotopic (exact) mass is 412 g/mol. The van der Waals surface area contributed by atoms with E-state index in [1.807, 2.05) is 35.4 Å². The Morgan fingerprint density at radius 3 is 2.89 bits per heavy atom. The second-order valence-corrected chi connectivity index (χ2v) is 8.72. The predicted molar refractivity (Wildman–Crippen MR) is 118 cm³/mol. The minimum absolute atomic E-state index is 0.00226. The number of aromatic nitrogens is 1. The van der Waals surface area contributed by atoms with Crippen LogP contribution in [-0.2, 0) is 11.2 Å². The average molecular weight is 413 g/mol. The summed E-state index contributed by atoms with van der Waals surface area (Å²) in [5.41, 5.74) is 2.95. The molecule has 146 valence electrons. The molecule has 2 heterocycles. The molecule has 0 saturated carbocycles. The molecule has 0 aliphatic carbocycles. The summed E-state index contributed by atoms with van der Waals surface area (Å²) in [6.07, 6.45) is 5.03. The lowest BCUT2D eigenvalue weighted by Gasteiger charge is -2.24.